The first-order valence-corrected chi connectivity index (χ1v) is 7.87. The highest BCUT2D eigenvalue weighted by molar-refractivity contribution is 5.85. The third-order valence-corrected chi connectivity index (χ3v) is 5.01. The number of aromatic hydroxyl groups is 1. The Balaban J connectivity index is 0.00000161. The van der Waals surface area contributed by atoms with Crippen molar-refractivity contribution in [1.82, 2.24) is 0 Å². The zero-order chi connectivity index (χ0) is 14.1. The van der Waals surface area contributed by atoms with E-state index in [9.17, 15) is 5.11 Å². The van der Waals surface area contributed by atoms with Crippen molar-refractivity contribution in [2.75, 3.05) is 6.54 Å². The third kappa shape index (κ3) is 3.20. The second kappa shape index (κ2) is 6.99. The smallest absolute Gasteiger partial charge is 0.119 e. The first-order valence-electron chi connectivity index (χ1n) is 7.87. The molecule has 3 nitrogen and oxygen atoms in total. The van der Waals surface area contributed by atoms with Crippen LogP contribution >= 0.6 is 12.4 Å². The minimum Gasteiger partial charge on any atom is -0.508 e. The summed E-state index contributed by atoms with van der Waals surface area (Å²) in [6.07, 6.45) is 7.49. The van der Waals surface area contributed by atoms with Crippen molar-refractivity contribution >= 4 is 12.4 Å². The lowest BCUT2D eigenvalue weighted by atomic mass is 9.79. The Morgan fingerprint density at radius 3 is 2.62 bits per heavy atom. The first-order chi connectivity index (χ1) is 9.70. The topological polar surface area (TPSA) is 55.5 Å². The van der Waals surface area contributed by atoms with Crippen molar-refractivity contribution in [1.29, 1.82) is 0 Å². The van der Waals surface area contributed by atoms with Crippen molar-refractivity contribution in [2.24, 2.45) is 11.7 Å². The highest BCUT2D eigenvalue weighted by atomic mass is 35.5. The SMILES string of the molecule is Cc1ccc(O)c2c1C(CN)OC(C1CCCCC1)C2.Cl. The van der Waals surface area contributed by atoms with Crippen LogP contribution in [0.4, 0.5) is 0 Å². The Morgan fingerprint density at radius 1 is 1.24 bits per heavy atom. The van der Waals surface area contributed by atoms with Crippen LogP contribution in [0, 0.1) is 12.8 Å². The Kier molecular flexibility index (Phi) is 5.53. The molecule has 0 saturated heterocycles. The van der Waals surface area contributed by atoms with E-state index in [1.165, 1.54) is 37.7 Å². The maximum absolute atomic E-state index is 10.2. The molecule has 1 saturated carbocycles. The normalized spacial score (nSPS) is 26.0. The van der Waals surface area contributed by atoms with Gasteiger partial charge in [-0.15, -0.1) is 12.4 Å². The van der Waals surface area contributed by atoms with Gasteiger partial charge in [-0.2, -0.15) is 0 Å². The number of aryl methyl sites for hydroxylation is 1. The summed E-state index contributed by atoms with van der Waals surface area (Å²) in [5.74, 6) is 1.04. The van der Waals surface area contributed by atoms with E-state index in [4.69, 9.17) is 10.5 Å². The van der Waals surface area contributed by atoms with E-state index in [1.54, 1.807) is 0 Å². The maximum atomic E-state index is 10.2. The molecule has 2 unspecified atom stereocenters. The Bertz CT molecular complexity index is 486. The number of ether oxygens (including phenoxy) is 1. The molecule has 1 aromatic rings. The lowest BCUT2D eigenvalue weighted by molar-refractivity contribution is -0.0597. The van der Waals surface area contributed by atoms with E-state index in [0.717, 1.165) is 17.5 Å². The lowest BCUT2D eigenvalue weighted by Crippen LogP contribution is -2.36. The molecule has 0 aromatic heterocycles. The number of rotatable bonds is 2. The second-order valence-corrected chi connectivity index (χ2v) is 6.29. The van der Waals surface area contributed by atoms with Crippen molar-refractivity contribution in [2.45, 2.75) is 57.7 Å². The summed E-state index contributed by atoms with van der Waals surface area (Å²) >= 11 is 0. The van der Waals surface area contributed by atoms with Gasteiger partial charge in [0.1, 0.15) is 5.75 Å². The zero-order valence-corrected chi connectivity index (χ0v) is 13.5. The number of benzene rings is 1. The van der Waals surface area contributed by atoms with Gasteiger partial charge in [0.2, 0.25) is 0 Å². The lowest BCUT2D eigenvalue weighted by Gasteiger charge is -2.38. The molecule has 118 valence electrons. The van der Waals surface area contributed by atoms with Gasteiger partial charge in [-0.05, 0) is 42.9 Å². The van der Waals surface area contributed by atoms with E-state index in [0.29, 0.717) is 18.2 Å². The van der Waals surface area contributed by atoms with Gasteiger partial charge in [0, 0.05) is 18.5 Å². The summed E-state index contributed by atoms with van der Waals surface area (Å²) in [5.41, 5.74) is 9.29. The van der Waals surface area contributed by atoms with Crippen LogP contribution in [0.5, 0.6) is 5.75 Å². The van der Waals surface area contributed by atoms with E-state index >= 15 is 0 Å². The monoisotopic (exact) mass is 311 g/mol. The molecule has 1 fully saturated rings. The fourth-order valence-corrected chi connectivity index (χ4v) is 3.92. The maximum Gasteiger partial charge on any atom is 0.119 e. The van der Waals surface area contributed by atoms with Gasteiger partial charge in [-0.25, -0.2) is 0 Å². The Hall–Kier alpha value is -0.770. The summed E-state index contributed by atoms with van der Waals surface area (Å²) in [5, 5.41) is 10.2. The van der Waals surface area contributed by atoms with Crippen LogP contribution in [-0.2, 0) is 11.2 Å². The average molecular weight is 312 g/mol. The molecular weight excluding hydrogens is 286 g/mol. The average Bonchev–Trinajstić information content (AvgIpc) is 2.51. The Labute approximate surface area is 133 Å². The summed E-state index contributed by atoms with van der Waals surface area (Å²) in [4.78, 5) is 0. The summed E-state index contributed by atoms with van der Waals surface area (Å²) in [6.45, 7) is 2.56. The summed E-state index contributed by atoms with van der Waals surface area (Å²) in [7, 11) is 0. The number of halogens is 1. The minimum atomic E-state index is -0.0576. The third-order valence-electron chi connectivity index (χ3n) is 5.01. The molecule has 21 heavy (non-hydrogen) atoms. The number of hydrogen-bond acceptors (Lipinski definition) is 3. The summed E-state index contributed by atoms with van der Waals surface area (Å²) < 4.78 is 6.30. The molecule has 1 heterocycles. The molecule has 1 aliphatic carbocycles. The predicted octanol–water partition coefficient (Wildman–Crippen LogP) is 3.64. The summed E-state index contributed by atoms with van der Waals surface area (Å²) in [6, 6.07) is 3.77. The molecule has 0 spiro atoms. The Morgan fingerprint density at radius 2 is 1.95 bits per heavy atom. The van der Waals surface area contributed by atoms with E-state index in [-0.39, 0.29) is 24.6 Å². The first kappa shape index (κ1) is 16.6. The van der Waals surface area contributed by atoms with Crippen LogP contribution in [0.15, 0.2) is 12.1 Å². The molecule has 0 bridgehead atoms. The van der Waals surface area contributed by atoms with E-state index in [2.05, 4.69) is 6.92 Å². The largest absolute Gasteiger partial charge is 0.508 e. The van der Waals surface area contributed by atoms with Crippen LogP contribution in [0.1, 0.15) is 54.9 Å². The predicted molar refractivity (Wildman–Crippen MR) is 87.0 cm³/mol. The molecule has 3 rings (SSSR count). The van der Waals surface area contributed by atoms with Gasteiger partial charge < -0.3 is 15.6 Å². The molecule has 0 radical (unpaired) electrons. The van der Waals surface area contributed by atoms with Gasteiger partial charge >= 0.3 is 0 Å². The van der Waals surface area contributed by atoms with E-state index < -0.39 is 0 Å². The quantitative estimate of drug-likeness (QED) is 0.876. The molecule has 3 N–H and O–H groups in total. The van der Waals surface area contributed by atoms with Gasteiger partial charge in [0.25, 0.3) is 0 Å². The molecule has 2 atom stereocenters. The number of phenolic OH excluding ortho intramolecular Hbond substituents is 1. The molecule has 1 aromatic carbocycles. The number of hydrogen-bond donors (Lipinski definition) is 2. The van der Waals surface area contributed by atoms with Crippen LogP contribution in [0.25, 0.3) is 0 Å². The van der Waals surface area contributed by atoms with Crippen molar-refractivity contribution in [3.05, 3.63) is 28.8 Å². The van der Waals surface area contributed by atoms with Crippen LogP contribution in [0.3, 0.4) is 0 Å². The van der Waals surface area contributed by atoms with Gasteiger partial charge in [-0.3, -0.25) is 0 Å². The zero-order valence-electron chi connectivity index (χ0n) is 12.7. The van der Waals surface area contributed by atoms with Crippen LogP contribution in [0.2, 0.25) is 0 Å². The van der Waals surface area contributed by atoms with Gasteiger partial charge in [-0.1, -0.05) is 25.3 Å². The van der Waals surface area contributed by atoms with Crippen LogP contribution < -0.4 is 5.73 Å². The highest BCUT2D eigenvalue weighted by Gasteiger charge is 2.34. The molecular formula is C17H26ClNO2. The highest BCUT2D eigenvalue weighted by Crippen LogP contribution is 2.41. The fourth-order valence-electron chi connectivity index (χ4n) is 3.92. The molecule has 1 aliphatic heterocycles. The van der Waals surface area contributed by atoms with Gasteiger partial charge in [0.05, 0.1) is 12.2 Å². The fraction of sp³-hybridized carbons (Fsp3) is 0.647. The molecule has 2 aliphatic rings. The van der Waals surface area contributed by atoms with Crippen molar-refractivity contribution in [3.8, 4) is 5.75 Å². The van der Waals surface area contributed by atoms with Crippen molar-refractivity contribution < 1.29 is 9.84 Å². The second-order valence-electron chi connectivity index (χ2n) is 6.29. The number of nitrogens with two attached hydrogens (primary N) is 1. The van der Waals surface area contributed by atoms with Crippen molar-refractivity contribution in [3.63, 3.8) is 0 Å². The van der Waals surface area contributed by atoms with E-state index in [1.807, 2.05) is 12.1 Å². The number of fused-ring (bicyclic) bond motifs is 1. The standard InChI is InChI=1S/C17H25NO2.ClH/c1-11-7-8-14(19)13-9-15(12-5-3-2-4-6-12)20-16(10-18)17(11)13;/h7-8,12,15-16,19H,2-6,9-10,18H2,1H3;1H. The molecule has 4 heteroatoms. The molecule has 0 amide bonds. The number of phenols is 1. The van der Waals surface area contributed by atoms with Gasteiger partial charge in [0.15, 0.2) is 0 Å². The minimum absolute atomic E-state index is 0. The van der Waals surface area contributed by atoms with Crippen LogP contribution in [-0.4, -0.2) is 17.8 Å².